The second-order valence-electron chi connectivity index (χ2n) is 6.09. The number of rotatable bonds is 4. The van der Waals surface area contributed by atoms with Crippen LogP contribution in [0.25, 0.3) is 0 Å². The molecule has 2 aliphatic rings. The number of nitrogens with zero attached hydrogens (tertiary/aromatic N) is 1. The third kappa shape index (κ3) is 4.46. The maximum Gasteiger partial charge on any atom is 0.409 e. The number of methoxy groups -OCH3 is 1. The summed E-state index contributed by atoms with van der Waals surface area (Å²) >= 11 is 0. The molecule has 0 radical (unpaired) electrons. The largest absolute Gasteiger partial charge is 0.454 e. The monoisotopic (exact) mass is 349 g/mol. The average molecular weight is 349 g/mol. The lowest BCUT2D eigenvalue weighted by Crippen LogP contribution is -2.52. The van der Waals surface area contributed by atoms with Crippen LogP contribution < -0.4 is 20.1 Å². The van der Waals surface area contributed by atoms with Crippen LogP contribution in [-0.2, 0) is 11.2 Å². The van der Waals surface area contributed by atoms with Crippen LogP contribution in [0.3, 0.4) is 0 Å². The van der Waals surface area contributed by atoms with Crippen LogP contribution >= 0.6 is 0 Å². The molecule has 1 aromatic rings. The highest BCUT2D eigenvalue weighted by atomic mass is 16.7. The van der Waals surface area contributed by atoms with E-state index in [1.807, 2.05) is 18.2 Å². The molecule has 136 valence electrons. The van der Waals surface area contributed by atoms with E-state index in [1.165, 1.54) is 7.11 Å². The Bertz CT molecular complexity index is 637. The minimum absolute atomic E-state index is 0.0570. The fourth-order valence-electron chi connectivity index (χ4n) is 3.04. The third-order valence-electron chi connectivity index (χ3n) is 4.33. The van der Waals surface area contributed by atoms with Gasteiger partial charge in [0.15, 0.2) is 11.5 Å². The van der Waals surface area contributed by atoms with Crippen LogP contribution in [0, 0.1) is 0 Å². The first-order chi connectivity index (χ1) is 12.2. The van der Waals surface area contributed by atoms with Crippen LogP contribution in [0.2, 0.25) is 0 Å². The lowest BCUT2D eigenvalue weighted by Gasteiger charge is -2.32. The van der Waals surface area contributed by atoms with Crippen LogP contribution in [-0.4, -0.2) is 56.6 Å². The van der Waals surface area contributed by atoms with Gasteiger partial charge >= 0.3 is 12.1 Å². The molecular weight excluding hydrogens is 326 g/mol. The van der Waals surface area contributed by atoms with E-state index in [0.29, 0.717) is 26.1 Å². The Morgan fingerprint density at radius 2 is 2.16 bits per heavy atom. The summed E-state index contributed by atoms with van der Waals surface area (Å²) in [7, 11) is 1.36. The molecule has 0 unspecified atom stereocenters. The fourth-order valence-corrected chi connectivity index (χ4v) is 3.04. The standard InChI is InChI=1S/C17H23N3O5/c1-23-17(22)20-8-2-3-13(10-20)19-16(21)18-7-6-12-4-5-14-15(9-12)25-11-24-14/h4-5,9,13H,2-3,6-8,10-11H2,1H3,(H2,18,19,21)/t13-/m0/s1. The maximum atomic E-state index is 12.0. The molecule has 2 N–H and O–H groups in total. The number of likely N-dealkylation sites (tertiary alicyclic amines) is 1. The van der Waals surface area contributed by atoms with Crippen molar-refractivity contribution < 1.29 is 23.8 Å². The van der Waals surface area contributed by atoms with Crippen LogP contribution in [0.5, 0.6) is 11.5 Å². The zero-order valence-electron chi connectivity index (χ0n) is 14.2. The average Bonchev–Trinajstić information content (AvgIpc) is 3.09. The van der Waals surface area contributed by atoms with E-state index in [0.717, 1.165) is 29.9 Å². The Morgan fingerprint density at radius 3 is 3.00 bits per heavy atom. The molecule has 0 aromatic heterocycles. The molecule has 3 amide bonds. The van der Waals surface area contributed by atoms with Gasteiger partial charge in [-0.15, -0.1) is 0 Å². The van der Waals surface area contributed by atoms with Crippen molar-refractivity contribution in [1.82, 2.24) is 15.5 Å². The first-order valence-electron chi connectivity index (χ1n) is 8.41. The van der Waals surface area contributed by atoms with Gasteiger partial charge in [0.05, 0.1) is 7.11 Å². The normalized spacial score (nSPS) is 18.6. The molecule has 0 saturated carbocycles. The highest BCUT2D eigenvalue weighted by Gasteiger charge is 2.25. The lowest BCUT2D eigenvalue weighted by atomic mass is 10.1. The first-order valence-corrected chi connectivity index (χ1v) is 8.41. The van der Waals surface area contributed by atoms with Gasteiger partial charge in [-0.3, -0.25) is 0 Å². The Hall–Kier alpha value is -2.64. The Labute approximate surface area is 146 Å². The van der Waals surface area contributed by atoms with Crippen molar-refractivity contribution in [3.63, 3.8) is 0 Å². The molecule has 1 atom stereocenters. The van der Waals surface area contributed by atoms with Crippen molar-refractivity contribution in [3.8, 4) is 11.5 Å². The van der Waals surface area contributed by atoms with Crippen molar-refractivity contribution in [2.75, 3.05) is 33.5 Å². The molecule has 0 aliphatic carbocycles. The second-order valence-corrected chi connectivity index (χ2v) is 6.09. The number of piperidine rings is 1. The number of ether oxygens (including phenoxy) is 3. The number of carbonyl (C=O) groups is 2. The summed E-state index contributed by atoms with van der Waals surface area (Å²) in [6, 6.07) is 5.48. The molecule has 0 bridgehead atoms. The Morgan fingerprint density at radius 1 is 1.32 bits per heavy atom. The molecule has 8 nitrogen and oxygen atoms in total. The van der Waals surface area contributed by atoms with E-state index < -0.39 is 0 Å². The molecule has 2 aliphatic heterocycles. The van der Waals surface area contributed by atoms with Crippen molar-refractivity contribution in [2.24, 2.45) is 0 Å². The van der Waals surface area contributed by atoms with Gasteiger partial charge in [0, 0.05) is 25.7 Å². The number of carbonyl (C=O) groups excluding carboxylic acids is 2. The van der Waals surface area contributed by atoms with Gasteiger partial charge in [0.25, 0.3) is 0 Å². The van der Waals surface area contributed by atoms with Gasteiger partial charge in [-0.25, -0.2) is 9.59 Å². The molecule has 25 heavy (non-hydrogen) atoms. The SMILES string of the molecule is COC(=O)N1CCC[C@H](NC(=O)NCCc2ccc3c(c2)OCO3)C1. The minimum atomic E-state index is -0.352. The van der Waals surface area contributed by atoms with Crippen molar-refractivity contribution >= 4 is 12.1 Å². The van der Waals surface area contributed by atoms with E-state index in [9.17, 15) is 9.59 Å². The predicted molar refractivity (Wildman–Crippen MR) is 89.8 cm³/mol. The number of hydrogen-bond donors (Lipinski definition) is 2. The number of nitrogens with one attached hydrogen (secondary N) is 2. The summed E-state index contributed by atoms with van der Waals surface area (Å²) in [4.78, 5) is 25.2. The van der Waals surface area contributed by atoms with Crippen molar-refractivity contribution in [3.05, 3.63) is 23.8 Å². The maximum absolute atomic E-state index is 12.0. The summed E-state index contributed by atoms with van der Waals surface area (Å²) in [5.41, 5.74) is 1.07. The van der Waals surface area contributed by atoms with Gasteiger partial charge in [0.1, 0.15) is 0 Å². The van der Waals surface area contributed by atoms with Gasteiger partial charge in [-0.2, -0.15) is 0 Å². The summed E-state index contributed by atoms with van der Waals surface area (Å²) in [5, 5.41) is 5.76. The highest BCUT2D eigenvalue weighted by molar-refractivity contribution is 5.74. The van der Waals surface area contributed by atoms with E-state index >= 15 is 0 Å². The minimum Gasteiger partial charge on any atom is -0.454 e. The van der Waals surface area contributed by atoms with Gasteiger partial charge < -0.3 is 29.7 Å². The number of amides is 3. The zero-order chi connectivity index (χ0) is 17.6. The lowest BCUT2D eigenvalue weighted by molar-refractivity contribution is 0.108. The quantitative estimate of drug-likeness (QED) is 0.860. The summed E-state index contributed by atoms with van der Waals surface area (Å²) in [6.45, 7) is 1.90. The molecule has 2 heterocycles. The summed E-state index contributed by atoms with van der Waals surface area (Å²) < 4.78 is 15.3. The number of urea groups is 1. The first kappa shape index (κ1) is 17.2. The van der Waals surface area contributed by atoms with Crippen LogP contribution in [0.4, 0.5) is 9.59 Å². The van der Waals surface area contributed by atoms with E-state index in [1.54, 1.807) is 4.90 Å². The van der Waals surface area contributed by atoms with E-state index in [2.05, 4.69) is 10.6 Å². The number of hydrogen-bond acceptors (Lipinski definition) is 5. The molecule has 8 heteroatoms. The second kappa shape index (κ2) is 7.96. The van der Waals surface area contributed by atoms with Crippen LogP contribution in [0.15, 0.2) is 18.2 Å². The summed E-state index contributed by atoms with van der Waals surface area (Å²) in [5.74, 6) is 1.49. The zero-order valence-corrected chi connectivity index (χ0v) is 14.2. The molecule has 3 rings (SSSR count). The van der Waals surface area contributed by atoms with Crippen LogP contribution in [0.1, 0.15) is 18.4 Å². The van der Waals surface area contributed by atoms with Crippen molar-refractivity contribution in [1.29, 1.82) is 0 Å². The number of fused-ring (bicyclic) bond motifs is 1. The fraction of sp³-hybridized carbons (Fsp3) is 0.529. The van der Waals surface area contributed by atoms with Gasteiger partial charge in [0.2, 0.25) is 6.79 Å². The van der Waals surface area contributed by atoms with Gasteiger partial charge in [-0.1, -0.05) is 6.07 Å². The smallest absolute Gasteiger partial charge is 0.409 e. The molecular formula is C17H23N3O5. The Kier molecular flexibility index (Phi) is 5.47. The third-order valence-corrected chi connectivity index (χ3v) is 4.33. The van der Waals surface area contributed by atoms with Gasteiger partial charge in [-0.05, 0) is 37.0 Å². The molecule has 1 aromatic carbocycles. The molecule has 1 saturated heterocycles. The summed E-state index contributed by atoms with van der Waals surface area (Å²) in [6.07, 6.45) is 2.04. The molecule has 1 fully saturated rings. The Balaban J connectivity index is 1.40. The van der Waals surface area contributed by atoms with E-state index in [-0.39, 0.29) is 25.0 Å². The topological polar surface area (TPSA) is 89.1 Å². The predicted octanol–water partition coefficient (Wildman–Crippen LogP) is 1.49. The highest BCUT2D eigenvalue weighted by Crippen LogP contribution is 2.32. The van der Waals surface area contributed by atoms with E-state index in [4.69, 9.17) is 14.2 Å². The molecule has 0 spiro atoms. The number of benzene rings is 1. The van der Waals surface area contributed by atoms with Crippen molar-refractivity contribution in [2.45, 2.75) is 25.3 Å².